The van der Waals surface area contributed by atoms with E-state index in [2.05, 4.69) is 10.2 Å². The highest BCUT2D eigenvalue weighted by Crippen LogP contribution is 2.31. The van der Waals surface area contributed by atoms with E-state index in [-0.39, 0.29) is 18.1 Å². The number of benzene rings is 1. The number of nitrogens with zero attached hydrogens (tertiary/aromatic N) is 1. The van der Waals surface area contributed by atoms with Crippen molar-refractivity contribution < 1.29 is 14.3 Å². The van der Waals surface area contributed by atoms with E-state index in [1.54, 1.807) is 0 Å². The average molecular weight is 318 g/mol. The van der Waals surface area contributed by atoms with Crippen molar-refractivity contribution in [1.29, 1.82) is 0 Å². The highest BCUT2D eigenvalue weighted by Gasteiger charge is 2.27. The molecule has 1 saturated heterocycles. The average Bonchev–Trinajstić information content (AvgIpc) is 2.60. The summed E-state index contributed by atoms with van der Waals surface area (Å²) in [6.07, 6.45) is 4.23. The third-order valence-corrected chi connectivity index (χ3v) is 4.58. The van der Waals surface area contributed by atoms with Crippen molar-refractivity contribution >= 4 is 5.91 Å². The van der Waals surface area contributed by atoms with Gasteiger partial charge in [0.1, 0.15) is 6.61 Å². The van der Waals surface area contributed by atoms with E-state index >= 15 is 0 Å². The SMILES string of the molecule is CC(NC(=O)CCN1CCCCC1)C1COc2ccccc2O1. The first-order valence-corrected chi connectivity index (χ1v) is 8.62. The van der Waals surface area contributed by atoms with E-state index in [9.17, 15) is 4.79 Å². The fourth-order valence-corrected chi connectivity index (χ4v) is 3.14. The Morgan fingerprint density at radius 1 is 1.26 bits per heavy atom. The number of piperidine rings is 1. The number of para-hydroxylation sites is 2. The summed E-state index contributed by atoms with van der Waals surface area (Å²) in [5.74, 6) is 1.61. The summed E-state index contributed by atoms with van der Waals surface area (Å²) in [5.41, 5.74) is 0. The van der Waals surface area contributed by atoms with Crippen molar-refractivity contribution in [2.45, 2.75) is 44.8 Å². The zero-order chi connectivity index (χ0) is 16.1. The molecule has 2 aliphatic heterocycles. The summed E-state index contributed by atoms with van der Waals surface area (Å²) in [6.45, 7) is 5.53. The maximum Gasteiger partial charge on any atom is 0.221 e. The Balaban J connectivity index is 1.43. The van der Waals surface area contributed by atoms with Crippen LogP contribution < -0.4 is 14.8 Å². The molecule has 0 saturated carbocycles. The lowest BCUT2D eigenvalue weighted by molar-refractivity contribution is -0.123. The maximum absolute atomic E-state index is 12.2. The number of nitrogens with one attached hydrogen (secondary N) is 1. The molecule has 2 atom stereocenters. The van der Waals surface area contributed by atoms with Gasteiger partial charge in [0.15, 0.2) is 17.6 Å². The molecule has 1 fully saturated rings. The van der Waals surface area contributed by atoms with E-state index < -0.39 is 0 Å². The van der Waals surface area contributed by atoms with Crippen LogP contribution in [0.3, 0.4) is 0 Å². The third kappa shape index (κ3) is 4.38. The minimum Gasteiger partial charge on any atom is -0.486 e. The molecule has 1 N–H and O–H groups in total. The van der Waals surface area contributed by atoms with Crippen LogP contribution in [0.15, 0.2) is 24.3 Å². The normalized spacial score (nSPS) is 22.4. The number of hydrogen-bond donors (Lipinski definition) is 1. The molecule has 0 bridgehead atoms. The van der Waals surface area contributed by atoms with E-state index in [4.69, 9.17) is 9.47 Å². The first-order chi connectivity index (χ1) is 11.2. The number of ether oxygens (including phenoxy) is 2. The lowest BCUT2D eigenvalue weighted by Gasteiger charge is -2.31. The fraction of sp³-hybridized carbons (Fsp3) is 0.611. The van der Waals surface area contributed by atoms with Crippen LogP contribution in [0.4, 0.5) is 0 Å². The van der Waals surface area contributed by atoms with Gasteiger partial charge in [-0.3, -0.25) is 4.79 Å². The smallest absolute Gasteiger partial charge is 0.221 e. The van der Waals surface area contributed by atoms with Gasteiger partial charge in [0.2, 0.25) is 5.91 Å². The molecule has 1 amide bonds. The monoisotopic (exact) mass is 318 g/mol. The van der Waals surface area contributed by atoms with Gasteiger partial charge in [-0.1, -0.05) is 18.6 Å². The van der Waals surface area contributed by atoms with Crippen molar-refractivity contribution in [2.75, 3.05) is 26.2 Å². The van der Waals surface area contributed by atoms with Crippen molar-refractivity contribution in [1.82, 2.24) is 10.2 Å². The van der Waals surface area contributed by atoms with Crippen LogP contribution in [0.2, 0.25) is 0 Å². The van der Waals surface area contributed by atoms with Crippen LogP contribution in [0.25, 0.3) is 0 Å². The largest absolute Gasteiger partial charge is 0.486 e. The third-order valence-electron chi connectivity index (χ3n) is 4.58. The summed E-state index contributed by atoms with van der Waals surface area (Å²) < 4.78 is 11.6. The molecular formula is C18H26N2O3. The molecule has 2 unspecified atom stereocenters. The van der Waals surface area contributed by atoms with Crippen LogP contribution in [-0.2, 0) is 4.79 Å². The summed E-state index contributed by atoms with van der Waals surface area (Å²) >= 11 is 0. The zero-order valence-corrected chi connectivity index (χ0v) is 13.8. The highest BCUT2D eigenvalue weighted by atomic mass is 16.6. The van der Waals surface area contributed by atoms with E-state index in [1.165, 1.54) is 19.3 Å². The second-order valence-electron chi connectivity index (χ2n) is 6.42. The van der Waals surface area contributed by atoms with Crippen molar-refractivity contribution in [3.8, 4) is 11.5 Å². The van der Waals surface area contributed by atoms with E-state index in [0.717, 1.165) is 31.1 Å². The molecule has 1 aromatic rings. The quantitative estimate of drug-likeness (QED) is 0.904. The van der Waals surface area contributed by atoms with Crippen LogP contribution in [-0.4, -0.2) is 49.2 Å². The number of rotatable bonds is 5. The second-order valence-corrected chi connectivity index (χ2v) is 6.42. The predicted molar refractivity (Wildman–Crippen MR) is 88.9 cm³/mol. The molecule has 23 heavy (non-hydrogen) atoms. The van der Waals surface area contributed by atoms with Crippen LogP contribution >= 0.6 is 0 Å². The van der Waals surface area contributed by atoms with Gasteiger partial charge < -0.3 is 19.7 Å². The summed E-state index contributed by atoms with van der Waals surface area (Å²) in [4.78, 5) is 14.5. The van der Waals surface area contributed by atoms with Gasteiger partial charge >= 0.3 is 0 Å². The topological polar surface area (TPSA) is 50.8 Å². The second kappa shape index (κ2) is 7.68. The number of carbonyl (C=O) groups excluding carboxylic acids is 1. The van der Waals surface area contributed by atoms with Gasteiger partial charge in [0.25, 0.3) is 0 Å². The van der Waals surface area contributed by atoms with Gasteiger partial charge in [-0.25, -0.2) is 0 Å². The fourth-order valence-electron chi connectivity index (χ4n) is 3.14. The van der Waals surface area contributed by atoms with Gasteiger partial charge in [0, 0.05) is 13.0 Å². The number of carbonyl (C=O) groups is 1. The molecule has 126 valence electrons. The van der Waals surface area contributed by atoms with Crippen LogP contribution in [0.1, 0.15) is 32.6 Å². The zero-order valence-electron chi connectivity index (χ0n) is 13.8. The van der Waals surface area contributed by atoms with Crippen LogP contribution in [0, 0.1) is 0 Å². The van der Waals surface area contributed by atoms with E-state index in [1.807, 2.05) is 31.2 Å². The Morgan fingerprint density at radius 3 is 2.78 bits per heavy atom. The molecule has 0 spiro atoms. The van der Waals surface area contributed by atoms with Gasteiger partial charge in [0.05, 0.1) is 6.04 Å². The summed E-state index contributed by atoms with van der Waals surface area (Å²) in [6, 6.07) is 7.57. The lowest BCUT2D eigenvalue weighted by Crippen LogP contribution is -2.48. The molecule has 5 nitrogen and oxygen atoms in total. The molecule has 0 radical (unpaired) electrons. The number of amides is 1. The molecule has 1 aromatic carbocycles. The highest BCUT2D eigenvalue weighted by molar-refractivity contribution is 5.76. The molecule has 2 aliphatic rings. The van der Waals surface area contributed by atoms with Crippen LogP contribution in [0.5, 0.6) is 11.5 Å². The Kier molecular flexibility index (Phi) is 5.39. The number of fused-ring (bicyclic) bond motifs is 1. The minimum absolute atomic E-state index is 0.0720. The first-order valence-electron chi connectivity index (χ1n) is 8.62. The molecule has 0 aliphatic carbocycles. The molecule has 0 aromatic heterocycles. The maximum atomic E-state index is 12.2. The number of likely N-dealkylation sites (tertiary alicyclic amines) is 1. The molecular weight excluding hydrogens is 292 g/mol. The lowest BCUT2D eigenvalue weighted by atomic mass is 10.1. The Bertz CT molecular complexity index is 529. The van der Waals surface area contributed by atoms with Gasteiger partial charge in [-0.2, -0.15) is 0 Å². The summed E-state index contributed by atoms with van der Waals surface area (Å²) in [5, 5.41) is 3.05. The van der Waals surface area contributed by atoms with Crippen molar-refractivity contribution in [3.63, 3.8) is 0 Å². The standard InChI is InChI=1S/C18H26N2O3/c1-14(17-13-22-15-7-3-4-8-16(15)23-17)19-18(21)9-12-20-10-5-2-6-11-20/h3-4,7-8,14,17H,2,5-6,9-13H2,1H3,(H,19,21). The van der Waals surface area contributed by atoms with Crippen molar-refractivity contribution in [2.24, 2.45) is 0 Å². The Morgan fingerprint density at radius 2 is 2.00 bits per heavy atom. The predicted octanol–water partition coefficient (Wildman–Crippen LogP) is 2.21. The number of hydrogen-bond acceptors (Lipinski definition) is 4. The first kappa shape index (κ1) is 16.1. The van der Waals surface area contributed by atoms with Gasteiger partial charge in [-0.05, 0) is 45.0 Å². The molecule has 3 rings (SSSR count). The molecule has 5 heteroatoms. The summed E-state index contributed by atoms with van der Waals surface area (Å²) in [7, 11) is 0. The minimum atomic E-state index is -0.149. The van der Waals surface area contributed by atoms with E-state index in [0.29, 0.717) is 13.0 Å². The van der Waals surface area contributed by atoms with Gasteiger partial charge in [-0.15, -0.1) is 0 Å². The van der Waals surface area contributed by atoms with Crippen molar-refractivity contribution in [3.05, 3.63) is 24.3 Å². The Labute approximate surface area is 137 Å². The molecule has 2 heterocycles. The Hall–Kier alpha value is -1.75.